The molecule has 0 bridgehead atoms. The third-order valence-electron chi connectivity index (χ3n) is 10.0. The zero-order chi connectivity index (χ0) is 38.0. The number of unbranched alkanes of at least 4 members (excludes halogenated alkanes) is 28. The molecule has 0 saturated carbocycles. The number of allylic oxidation sites excluding steroid dienone is 2. The van der Waals surface area contributed by atoms with E-state index in [9.17, 15) is 14.4 Å². The molecule has 0 heterocycles. The minimum absolute atomic E-state index is 0.0693. The van der Waals surface area contributed by atoms with E-state index in [1.54, 1.807) is 0 Å². The molecule has 0 radical (unpaired) electrons. The average Bonchev–Trinajstić information content (AvgIpc) is 3.14. The first-order valence-electron chi connectivity index (χ1n) is 22.7. The van der Waals surface area contributed by atoms with Gasteiger partial charge < -0.3 is 14.2 Å². The lowest BCUT2D eigenvalue weighted by Gasteiger charge is -2.18. The molecule has 1 atom stereocenters. The molecule has 0 aliphatic heterocycles. The molecule has 0 rings (SSSR count). The van der Waals surface area contributed by atoms with Gasteiger partial charge in [0, 0.05) is 19.3 Å². The van der Waals surface area contributed by atoms with Gasteiger partial charge in [0.1, 0.15) is 13.2 Å². The molecule has 0 spiro atoms. The van der Waals surface area contributed by atoms with Crippen molar-refractivity contribution in [1.82, 2.24) is 0 Å². The molecular weight excluding hydrogens is 648 g/mol. The van der Waals surface area contributed by atoms with Gasteiger partial charge in [0.05, 0.1) is 0 Å². The fourth-order valence-electron chi connectivity index (χ4n) is 6.55. The maximum absolute atomic E-state index is 12.6. The van der Waals surface area contributed by atoms with Crippen molar-refractivity contribution in [2.24, 2.45) is 0 Å². The van der Waals surface area contributed by atoms with E-state index in [1.807, 2.05) is 0 Å². The summed E-state index contributed by atoms with van der Waals surface area (Å²) in [4.78, 5) is 37.4. The average molecular weight is 735 g/mol. The molecule has 0 amide bonds. The Morgan fingerprint density at radius 2 is 0.635 bits per heavy atom. The second-order valence-electron chi connectivity index (χ2n) is 15.3. The number of esters is 3. The Balaban J connectivity index is 4.15. The number of rotatable bonds is 41. The van der Waals surface area contributed by atoms with Crippen molar-refractivity contribution in [3.8, 4) is 0 Å². The fourth-order valence-corrected chi connectivity index (χ4v) is 6.55. The van der Waals surface area contributed by atoms with Crippen LogP contribution in [0.3, 0.4) is 0 Å². The number of hydrogen-bond donors (Lipinski definition) is 0. The summed E-state index contributed by atoms with van der Waals surface area (Å²) in [5.41, 5.74) is 0. The third kappa shape index (κ3) is 39.4. The molecule has 1 unspecified atom stereocenters. The van der Waals surface area contributed by atoms with Gasteiger partial charge in [0.25, 0.3) is 0 Å². The van der Waals surface area contributed by atoms with Crippen LogP contribution in [0.1, 0.15) is 245 Å². The van der Waals surface area contributed by atoms with Gasteiger partial charge in [-0.15, -0.1) is 0 Å². The zero-order valence-corrected chi connectivity index (χ0v) is 34.8. The Bertz CT molecular complexity index is 809. The lowest BCUT2D eigenvalue weighted by atomic mass is 10.1. The van der Waals surface area contributed by atoms with Gasteiger partial charge in [-0.25, -0.2) is 0 Å². The number of hydrogen-bond acceptors (Lipinski definition) is 6. The molecule has 0 aliphatic carbocycles. The quantitative estimate of drug-likeness (QED) is 0.0269. The predicted octanol–water partition coefficient (Wildman–Crippen LogP) is 14.3. The fraction of sp³-hybridized carbons (Fsp3) is 0.891. The highest BCUT2D eigenvalue weighted by molar-refractivity contribution is 5.71. The summed E-state index contributed by atoms with van der Waals surface area (Å²) in [7, 11) is 0. The van der Waals surface area contributed by atoms with E-state index in [-0.39, 0.29) is 31.1 Å². The molecule has 6 nitrogen and oxygen atoms in total. The first-order valence-corrected chi connectivity index (χ1v) is 22.7. The van der Waals surface area contributed by atoms with Crippen LogP contribution in [0.5, 0.6) is 0 Å². The highest BCUT2D eigenvalue weighted by atomic mass is 16.6. The van der Waals surface area contributed by atoms with Crippen LogP contribution >= 0.6 is 0 Å². The van der Waals surface area contributed by atoms with Crippen LogP contribution in [0.15, 0.2) is 12.2 Å². The Morgan fingerprint density at radius 3 is 0.962 bits per heavy atom. The van der Waals surface area contributed by atoms with E-state index in [0.29, 0.717) is 19.3 Å². The predicted molar refractivity (Wildman–Crippen MR) is 220 cm³/mol. The van der Waals surface area contributed by atoms with Gasteiger partial charge >= 0.3 is 17.9 Å². The second kappa shape index (κ2) is 41.9. The summed E-state index contributed by atoms with van der Waals surface area (Å²) in [6, 6.07) is 0. The minimum Gasteiger partial charge on any atom is -0.462 e. The summed E-state index contributed by atoms with van der Waals surface area (Å²) in [6.07, 6.45) is 43.7. The van der Waals surface area contributed by atoms with Crippen molar-refractivity contribution < 1.29 is 28.6 Å². The van der Waals surface area contributed by atoms with Gasteiger partial charge in [-0.1, -0.05) is 193 Å². The molecule has 0 saturated heterocycles. The SMILES string of the molecule is CCCCCCCCC/C=C\CCCCCCCCCC(=O)OCC(COC(=O)CCCCCCC)OC(=O)CCCCCCCCCCCCC. The Hall–Kier alpha value is -1.85. The maximum atomic E-state index is 12.6. The van der Waals surface area contributed by atoms with Gasteiger partial charge in [-0.05, 0) is 44.9 Å². The number of ether oxygens (including phenoxy) is 3. The second-order valence-corrected chi connectivity index (χ2v) is 15.3. The van der Waals surface area contributed by atoms with E-state index in [2.05, 4.69) is 32.9 Å². The molecule has 306 valence electrons. The molecule has 52 heavy (non-hydrogen) atoms. The summed E-state index contributed by atoms with van der Waals surface area (Å²) < 4.78 is 16.6. The van der Waals surface area contributed by atoms with Crippen molar-refractivity contribution in [3.05, 3.63) is 12.2 Å². The summed E-state index contributed by atoms with van der Waals surface area (Å²) in [6.45, 7) is 6.55. The third-order valence-corrected chi connectivity index (χ3v) is 10.0. The Labute approximate surface area is 322 Å². The van der Waals surface area contributed by atoms with Crippen LogP contribution in [-0.2, 0) is 28.6 Å². The molecule has 0 aromatic heterocycles. The van der Waals surface area contributed by atoms with Gasteiger partial charge in [-0.3, -0.25) is 14.4 Å². The highest BCUT2D eigenvalue weighted by Crippen LogP contribution is 2.15. The highest BCUT2D eigenvalue weighted by Gasteiger charge is 2.19. The van der Waals surface area contributed by atoms with E-state index in [4.69, 9.17) is 14.2 Å². The summed E-state index contributed by atoms with van der Waals surface area (Å²) in [5.74, 6) is -0.881. The number of carbonyl (C=O) groups is 3. The van der Waals surface area contributed by atoms with E-state index in [0.717, 1.165) is 64.2 Å². The molecule has 0 N–H and O–H groups in total. The Kier molecular flexibility index (Phi) is 40.4. The van der Waals surface area contributed by atoms with Crippen LogP contribution in [0.2, 0.25) is 0 Å². The van der Waals surface area contributed by atoms with Gasteiger partial charge in [-0.2, -0.15) is 0 Å². The molecule has 0 aromatic carbocycles. The molecule has 0 aliphatic rings. The molecule has 0 aromatic rings. The van der Waals surface area contributed by atoms with Crippen LogP contribution in [0.25, 0.3) is 0 Å². The first kappa shape index (κ1) is 50.1. The Morgan fingerprint density at radius 1 is 0.365 bits per heavy atom. The number of carbonyl (C=O) groups excluding carboxylic acids is 3. The van der Waals surface area contributed by atoms with Crippen molar-refractivity contribution in [2.45, 2.75) is 252 Å². The van der Waals surface area contributed by atoms with Gasteiger partial charge in [0.2, 0.25) is 0 Å². The van der Waals surface area contributed by atoms with Crippen molar-refractivity contribution >= 4 is 17.9 Å². The molecular formula is C46H86O6. The van der Waals surface area contributed by atoms with Crippen LogP contribution in [0, 0.1) is 0 Å². The van der Waals surface area contributed by atoms with E-state index >= 15 is 0 Å². The summed E-state index contributed by atoms with van der Waals surface area (Å²) in [5, 5.41) is 0. The van der Waals surface area contributed by atoms with Crippen molar-refractivity contribution in [1.29, 1.82) is 0 Å². The molecule has 0 fully saturated rings. The standard InChI is InChI=1S/C46H86O6/c1-4-7-10-13-15-17-19-20-21-22-23-24-25-27-28-30-33-36-39-45(48)51-42-43(41-50-44(47)38-35-32-12-9-6-3)52-46(49)40-37-34-31-29-26-18-16-14-11-8-5-2/h21-22,43H,4-20,23-42H2,1-3H3/b22-21-. The zero-order valence-electron chi connectivity index (χ0n) is 34.8. The van der Waals surface area contributed by atoms with E-state index < -0.39 is 6.10 Å². The topological polar surface area (TPSA) is 78.9 Å². The van der Waals surface area contributed by atoms with Crippen molar-refractivity contribution in [2.75, 3.05) is 13.2 Å². The largest absolute Gasteiger partial charge is 0.462 e. The van der Waals surface area contributed by atoms with Crippen LogP contribution in [0.4, 0.5) is 0 Å². The van der Waals surface area contributed by atoms with Crippen LogP contribution in [-0.4, -0.2) is 37.2 Å². The van der Waals surface area contributed by atoms with E-state index in [1.165, 1.54) is 141 Å². The smallest absolute Gasteiger partial charge is 0.306 e. The first-order chi connectivity index (χ1) is 25.5. The maximum Gasteiger partial charge on any atom is 0.306 e. The normalized spacial score (nSPS) is 12.0. The lowest BCUT2D eigenvalue weighted by molar-refractivity contribution is -0.167. The lowest BCUT2D eigenvalue weighted by Crippen LogP contribution is -2.30. The van der Waals surface area contributed by atoms with Crippen molar-refractivity contribution in [3.63, 3.8) is 0 Å². The van der Waals surface area contributed by atoms with Gasteiger partial charge in [0.15, 0.2) is 6.10 Å². The summed E-state index contributed by atoms with van der Waals surface area (Å²) >= 11 is 0. The van der Waals surface area contributed by atoms with Crippen LogP contribution < -0.4 is 0 Å². The molecule has 6 heteroatoms. The minimum atomic E-state index is -0.761. The monoisotopic (exact) mass is 735 g/mol.